The summed E-state index contributed by atoms with van der Waals surface area (Å²) in [6.45, 7) is 0.641. The predicted molar refractivity (Wildman–Crippen MR) is 73.6 cm³/mol. The van der Waals surface area contributed by atoms with Crippen molar-refractivity contribution >= 4 is 27.5 Å². The summed E-state index contributed by atoms with van der Waals surface area (Å²) in [7, 11) is 0. The number of hydrogen-bond donors (Lipinski definition) is 2. The molecule has 0 aromatic heterocycles. The first kappa shape index (κ1) is 13.6. The minimum Gasteiger partial charge on any atom is -0.398 e. The van der Waals surface area contributed by atoms with E-state index >= 15 is 0 Å². The Morgan fingerprint density at radius 2 is 2.24 bits per heavy atom. The van der Waals surface area contributed by atoms with Gasteiger partial charge in [0.05, 0.1) is 0 Å². The van der Waals surface area contributed by atoms with Crippen molar-refractivity contribution in [2.45, 2.75) is 19.3 Å². The smallest absolute Gasteiger partial charge is 0.251 e. The number of anilines is 1. The molecule has 1 amide bonds. The molecule has 3 N–H and O–H groups in total. The van der Waals surface area contributed by atoms with Gasteiger partial charge in [0.25, 0.3) is 5.91 Å². The molecule has 0 aliphatic heterocycles. The predicted octanol–water partition coefficient (Wildman–Crippen LogP) is 2.56. The van der Waals surface area contributed by atoms with Gasteiger partial charge in [-0.15, -0.1) is 12.3 Å². The van der Waals surface area contributed by atoms with Gasteiger partial charge in [0.2, 0.25) is 0 Å². The number of hydrogen-bond acceptors (Lipinski definition) is 2. The molecular formula is C13H15BrN2O. The molecule has 0 unspecified atom stereocenters. The van der Waals surface area contributed by atoms with Gasteiger partial charge in [-0.05, 0) is 47.0 Å². The van der Waals surface area contributed by atoms with E-state index in [1.807, 2.05) is 0 Å². The number of amides is 1. The summed E-state index contributed by atoms with van der Waals surface area (Å²) in [5, 5.41) is 2.84. The van der Waals surface area contributed by atoms with E-state index in [9.17, 15) is 4.79 Å². The number of nitrogens with two attached hydrogens (primary N) is 1. The summed E-state index contributed by atoms with van der Waals surface area (Å²) in [6.07, 6.45) is 7.72. The average molecular weight is 295 g/mol. The molecule has 0 saturated heterocycles. The van der Waals surface area contributed by atoms with Crippen LogP contribution in [-0.4, -0.2) is 12.5 Å². The van der Waals surface area contributed by atoms with E-state index in [1.165, 1.54) is 0 Å². The SMILES string of the molecule is C#CCCCCNC(=O)c1ccc(N)c(Br)c1. The van der Waals surface area contributed by atoms with Crippen molar-refractivity contribution in [1.82, 2.24) is 5.32 Å². The van der Waals surface area contributed by atoms with Crippen molar-refractivity contribution in [2.24, 2.45) is 0 Å². The molecule has 90 valence electrons. The minimum atomic E-state index is -0.0913. The van der Waals surface area contributed by atoms with Crippen molar-refractivity contribution in [3.63, 3.8) is 0 Å². The van der Waals surface area contributed by atoms with E-state index in [-0.39, 0.29) is 5.91 Å². The normalized spacial score (nSPS) is 9.65. The topological polar surface area (TPSA) is 55.1 Å². The molecule has 0 aliphatic carbocycles. The molecule has 17 heavy (non-hydrogen) atoms. The lowest BCUT2D eigenvalue weighted by Crippen LogP contribution is -2.24. The van der Waals surface area contributed by atoms with Gasteiger partial charge < -0.3 is 11.1 Å². The minimum absolute atomic E-state index is 0.0913. The van der Waals surface area contributed by atoms with Gasteiger partial charge in [-0.2, -0.15) is 0 Å². The Labute approximate surface area is 110 Å². The third kappa shape index (κ3) is 4.49. The largest absolute Gasteiger partial charge is 0.398 e. The Balaban J connectivity index is 2.42. The van der Waals surface area contributed by atoms with Crippen molar-refractivity contribution in [1.29, 1.82) is 0 Å². The third-order valence-electron chi connectivity index (χ3n) is 2.30. The summed E-state index contributed by atoms with van der Waals surface area (Å²) < 4.78 is 0.734. The average Bonchev–Trinajstić information content (AvgIpc) is 2.32. The number of nitrogens with one attached hydrogen (secondary N) is 1. The van der Waals surface area contributed by atoms with Crippen LogP contribution in [0.25, 0.3) is 0 Å². The maximum atomic E-state index is 11.7. The number of halogens is 1. The summed E-state index contributed by atoms with van der Waals surface area (Å²) >= 11 is 3.29. The first-order valence-electron chi connectivity index (χ1n) is 5.42. The Bertz CT molecular complexity index is 438. The van der Waals surface area contributed by atoms with Crippen LogP contribution in [0, 0.1) is 12.3 Å². The first-order chi connectivity index (χ1) is 8.15. The van der Waals surface area contributed by atoms with Crippen molar-refractivity contribution in [3.8, 4) is 12.3 Å². The number of rotatable bonds is 5. The van der Waals surface area contributed by atoms with Crippen LogP contribution in [0.5, 0.6) is 0 Å². The summed E-state index contributed by atoms with van der Waals surface area (Å²) in [5.41, 5.74) is 6.87. The molecule has 3 nitrogen and oxygen atoms in total. The quantitative estimate of drug-likeness (QED) is 0.498. The fraction of sp³-hybridized carbons (Fsp3) is 0.308. The maximum Gasteiger partial charge on any atom is 0.251 e. The molecule has 4 heteroatoms. The van der Waals surface area contributed by atoms with Crippen molar-refractivity contribution < 1.29 is 4.79 Å². The van der Waals surface area contributed by atoms with E-state index in [2.05, 4.69) is 27.2 Å². The molecule has 0 aliphatic rings. The number of carbonyl (C=O) groups is 1. The van der Waals surface area contributed by atoms with E-state index in [1.54, 1.807) is 18.2 Å². The Morgan fingerprint density at radius 1 is 1.47 bits per heavy atom. The fourth-order valence-electron chi connectivity index (χ4n) is 1.32. The van der Waals surface area contributed by atoms with Gasteiger partial charge >= 0.3 is 0 Å². The van der Waals surface area contributed by atoms with Gasteiger partial charge in [-0.3, -0.25) is 4.79 Å². The van der Waals surface area contributed by atoms with Gasteiger partial charge in [0.15, 0.2) is 0 Å². The Morgan fingerprint density at radius 3 is 2.88 bits per heavy atom. The van der Waals surface area contributed by atoms with Gasteiger partial charge in [-0.1, -0.05) is 0 Å². The second-order valence-electron chi connectivity index (χ2n) is 3.65. The molecule has 1 rings (SSSR count). The van der Waals surface area contributed by atoms with Crippen LogP contribution in [0.2, 0.25) is 0 Å². The van der Waals surface area contributed by atoms with E-state index in [0.29, 0.717) is 17.8 Å². The van der Waals surface area contributed by atoms with Gasteiger partial charge in [0, 0.05) is 28.7 Å². The summed E-state index contributed by atoms with van der Waals surface area (Å²) in [5.74, 6) is 2.48. The monoisotopic (exact) mass is 294 g/mol. The summed E-state index contributed by atoms with van der Waals surface area (Å²) in [6, 6.07) is 5.13. The van der Waals surface area contributed by atoms with Crippen molar-refractivity contribution in [2.75, 3.05) is 12.3 Å². The standard InChI is InChI=1S/C13H15BrN2O/c1-2-3-4-5-8-16-13(17)10-6-7-12(15)11(14)9-10/h1,6-7,9H,3-5,8,15H2,(H,16,17). The van der Waals surface area contributed by atoms with Crippen LogP contribution in [0.4, 0.5) is 5.69 Å². The lowest BCUT2D eigenvalue weighted by molar-refractivity contribution is 0.0953. The van der Waals surface area contributed by atoms with Gasteiger partial charge in [-0.25, -0.2) is 0 Å². The highest BCUT2D eigenvalue weighted by atomic mass is 79.9. The second kappa shape index (κ2) is 6.97. The van der Waals surface area contributed by atoms with Crippen LogP contribution in [0.3, 0.4) is 0 Å². The number of terminal acetylenes is 1. The first-order valence-corrected chi connectivity index (χ1v) is 6.21. The fourth-order valence-corrected chi connectivity index (χ4v) is 1.70. The molecule has 0 spiro atoms. The molecule has 1 aromatic carbocycles. The Kier molecular flexibility index (Phi) is 5.58. The zero-order valence-corrected chi connectivity index (χ0v) is 11.1. The zero-order valence-electron chi connectivity index (χ0n) is 9.50. The molecule has 0 bridgehead atoms. The van der Waals surface area contributed by atoms with Crippen LogP contribution < -0.4 is 11.1 Å². The van der Waals surface area contributed by atoms with E-state index < -0.39 is 0 Å². The highest BCUT2D eigenvalue weighted by Crippen LogP contribution is 2.20. The lowest BCUT2D eigenvalue weighted by Gasteiger charge is -2.06. The van der Waals surface area contributed by atoms with Crippen molar-refractivity contribution in [3.05, 3.63) is 28.2 Å². The van der Waals surface area contributed by atoms with Crippen LogP contribution >= 0.6 is 15.9 Å². The molecule has 0 fully saturated rings. The number of benzene rings is 1. The highest BCUT2D eigenvalue weighted by molar-refractivity contribution is 9.10. The molecule has 0 saturated carbocycles. The molecule has 0 atom stereocenters. The number of unbranched alkanes of at least 4 members (excludes halogenated alkanes) is 2. The van der Waals surface area contributed by atoms with Crippen LogP contribution in [-0.2, 0) is 0 Å². The van der Waals surface area contributed by atoms with Crippen LogP contribution in [0.1, 0.15) is 29.6 Å². The number of carbonyl (C=O) groups excluding carboxylic acids is 1. The number of nitrogen functional groups attached to an aromatic ring is 1. The molecular weight excluding hydrogens is 280 g/mol. The third-order valence-corrected chi connectivity index (χ3v) is 2.98. The molecule has 1 aromatic rings. The second-order valence-corrected chi connectivity index (χ2v) is 4.51. The molecule has 0 heterocycles. The van der Waals surface area contributed by atoms with Gasteiger partial charge in [0.1, 0.15) is 0 Å². The Hall–Kier alpha value is -1.47. The van der Waals surface area contributed by atoms with Crippen LogP contribution in [0.15, 0.2) is 22.7 Å². The summed E-state index contributed by atoms with van der Waals surface area (Å²) in [4.78, 5) is 11.7. The lowest BCUT2D eigenvalue weighted by atomic mass is 10.2. The molecule has 0 radical (unpaired) electrons. The highest BCUT2D eigenvalue weighted by Gasteiger charge is 2.06. The zero-order chi connectivity index (χ0) is 12.7. The van der Waals surface area contributed by atoms with E-state index in [4.69, 9.17) is 12.2 Å². The van der Waals surface area contributed by atoms with E-state index in [0.717, 1.165) is 23.7 Å². The maximum absolute atomic E-state index is 11.7.